The van der Waals surface area contributed by atoms with Crippen molar-refractivity contribution in [1.82, 2.24) is 14.8 Å². The lowest BCUT2D eigenvalue weighted by Gasteiger charge is -2.10. The minimum absolute atomic E-state index is 0.707. The zero-order valence-electron chi connectivity index (χ0n) is 13.4. The van der Waals surface area contributed by atoms with Crippen molar-refractivity contribution < 1.29 is 0 Å². The summed E-state index contributed by atoms with van der Waals surface area (Å²) in [4.78, 5) is 0. The molecule has 1 aromatic heterocycles. The van der Waals surface area contributed by atoms with Crippen LogP contribution in [0.1, 0.15) is 12.5 Å². The van der Waals surface area contributed by atoms with Crippen LogP contribution in [0.4, 0.5) is 0 Å². The highest BCUT2D eigenvalue weighted by Gasteiger charge is 2.15. The number of halogens is 1. The predicted octanol–water partition coefficient (Wildman–Crippen LogP) is 5.43. The van der Waals surface area contributed by atoms with E-state index >= 15 is 0 Å². The van der Waals surface area contributed by atoms with Crippen LogP contribution in [-0.4, -0.2) is 20.5 Å². The van der Waals surface area contributed by atoms with Crippen molar-refractivity contribution in [3.8, 4) is 17.1 Å². The van der Waals surface area contributed by atoms with E-state index < -0.39 is 0 Å². The third kappa shape index (κ3) is 3.55. The first-order valence-electron chi connectivity index (χ1n) is 7.77. The van der Waals surface area contributed by atoms with E-state index in [4.69, 9.17) is 11.6 Å². The summed E-state index contributed by atoms with van der Waals surface area (Å²) in [5.41, 5.74) is 3.34. The predicted molar refractivity (Wildman–Crippen MR) is 102 cm³/mol. The summed E-state index contributed by atoms with van der Waals surface area (Å²) >= 11 is 7.62. The molecule has 0 bridgehead atoms. The second-order valence-electron chi connectivity index (χ2n) is 5.27. The third-order valence-corrected chi connectivity index (χ3v) is 4.85. The van der Waals surface area contributed by atoms with Gasteiger partial charge in [0.2, 0.25) is 0 Å². The molecule has 3 rings (SSSR count). The lowest BCUT2D eigenvalue weighted by atomic mass is 10.1. The van der Waals surface area contributed by atoms with Crippen molar-refractivity contribution in [2.45, 2.75) is 18.5 Å². The summed E-state index contributed by atoms with van der Waals surface area (Å²) < 4.78 is 2.08. The average Bonchev–Trinajstić information content (AvgIpc) is 3.04. The number of rotatable bonds is 6. The first-order valence-corrected chi connectivity index (χ1v) is 9.13. The molecule has 1 heterocycles. The fourth-order valence-electron chi connectivity index (χ4n) is 2.40. The number of aryl methyl sites for hydroxylation is 1. The number of hydrogen-bond acceptors (Lipinski definition) is 3. The maximum Gasteiger partial charge on any atom is 0.196 e. The molecule has 0 spiro atoms. The Hall–Kier alpha value is -2.04. The van der Waals surface area contributed by atoms with E-state index in [0.29, 0.717) is 5.02 Å². The average molecular weight is 356 g/mol. The summed E-state index contributed by atoms with van der Waals surface area (Å²) in [5, 5.41) is 10.3. The summed E-state index contributed by atoms with van der Waals surface area (Å²) in [7, 11) is 0. The molecule has 0 aliphatic rings. The van der Waals surface area contributed by atoms with Gasteiger partial charge in [-0.2, -0.15) is 0 Å². The van der Waals surface area contributed by atoms with Crippen molar-refractivity contribution in [3.05, 3.63) is 71.8 Å². The van der Waals surface area contributed by atoms with Gasteiger partial charge in [0, 0.05) is 22.0 Å². The lowest BCUT2D eigenvalue weighted by Crippen LogP contribution is -2.00. The molecule has 0 fully saturated rings. The van der Waals surface area contributed by atoms with Gasteiger partial charge < -0.3 is 0 Å². The Morgan fingerprint density at radius 3 is 2.42 bits per heavy atom. The van der Waals surface area contributed by atoms with Crippen molar-refractivity contribution >= 4 is 23.4 Å². The summed E-state index contributed by atoms with van der Waals surface area (Å²) in [6.07, 6.45) is 2.89. The molecular weight excluding hydrogens is 338 g/mol. The second-order valence-corrected chi connectivity index (χ2v) is 6.69. The highest BCUT2D eigenvalue weighted by atomic mass is 35.5. The van der Waals surface area contributed by atoms with Crippen LogP contribution in [0, 0.1) is 0 Å². The number of aromatic nitrogens is 3. The first kappa shape index (κ1) is 16.8. The topological polar surface area (TPSA) is 30.7 Å². The molecule has 0 atom stereocenters. The molecule has 0 saturated heterocycles. The SMILES string of the molecule is C=CCSc1nnc(-c2ccc(Cl)cc2)n1-c1ccc(CC)cc1. The van der Waals surface area contributed by atoms with Gasteiger partial charge in [0.15, 0.2) is 11.0 Å². The maximum absolute atomic E-state index is 6.01. The molecule has 0 saturated carbocycles. The van der Waals surface area contributed by atoms with E-state index in [1.165, 1.54) is 5.56 Å². The van der Waals surface area contributed by atoms with E-state index in [0.717, 1.165) is 34.4 Å². The fraction of sp³-hybridized carbons (Fsp3) is 0.158. The van der Waals surface area contributed by atoms with Crippen molar-refractivity contribution in [2.75, 3.05) is 5.75 Å². The van der Waals surface area contributed by atoms with E-state index in [-0.39, 0.29) is 0 Å². The summed E-state index contributed by atoms with van der Waals surface area (Å²) in [6, 6.07) is 16.2. The van der Waals surface area contributed by atoms with Gasteiger partial charge in [-0.1, -0.05) is 48.5 Å². The zero-order valence-corrected chi connectivity index (χ0v) is 15.0. The molecule has 3 nitrogen and oxygen atoms in total. The van der Waals surface area contributed by atoms with Gasteiger partial charge in [-0.15, -0.1) is 16.8 Å². The van der Waals surface area contributed by atoms with Gasteiger partial charge in [-0.3, -0.25) is 4.57 Å². The Morgan fingerprint density at radius 1 is 1.08 bits per heavy atom. The van der Waals surface area contributed by atoms with E-state index in [1.807, 2.05) is 30.3 Å². The van der Waals surface area contributed by atoms with E-state index in [1.54, 1.807) is 11.8 Å². The van der Waals surface area contributed by atoms with Gasteiger partial charge in [-0.25, -0.2) is 0 Å². The maximum atomic E-state index is 6.01. The number of benzene rings is 2. The molecule has 122 valence electrons. The van der Waals surface area contributed by atoms with Crippen molar-refractivity contribution in [3.63, 3.8) is 0 Å². The van der Waals surface area contributed by atoms with Crippen LogP contribution in [0.15, 0.2) is 66.3 Å². The van der Waals surface area contributed by atoms with Gasteiger partial charge >= 0.3 is 0 Å². The van der Waals surface area contributed by atoms with Crippen LogP contribution >= 0.6 is 23.4 Å². The number of hydrogen-bond donors (Lipinski definition) is 0. The number of thioether (sulfide) groups is 1. The molecule has 0 aliphatic heterocycles. The molecule has 2 aromatic carbocycles. The molecule has 0 aliphatic carbocycles. The molecule has 0 amide bonds. The molecule has 0 radical (unpaired) electrons. The van der Waals surface area contributed by atoms with E-state index in [2.05, 4.69) is 52.5 Å². The van der Waals surface area contributed by atoms with Crippen LogP contribution in [0.2, 0.25) is 5.02 Å². The Morgan fingerprint density at radius 2 is 1.79 bits per heavy atom. The van der Waals surface area contributed by atoms with Crippen molar-refractivity contribution in [1.29, 1.82) is 0 Å². The highest BCUT2D eigenvalue weighted by molar-refractivity contribution is 7.99. The van der Waals surface area contributed by atoms with Gasteiger partial charge in [-0.05, 0) is 48.4 Å². The monoisotopic (exact) mass is 355 g/mol. The molecule has 0 unspecified atom stereocenters. The van der Waals surface area contributed by atoms with Crippen molar-refractivity contribution in [2.24, 2.45) is 0 Å². The lowest BCUT2D eigenvalue weighted by molar-refractivity contribution is 0.886. The largest absolute Gasteiger partial charge is 0.270 e. The minimum atomic E-state index is 0.707. The molecular formula is C19H18ClN3S. The standard InChI is InChI=1S/C19H18ClN3S/c1-3-13-24-19-22-21-18(15-7-9-16(20)10-8-15)23(19)17-11-5-14(4-2)6-12-17/h3,5-12H,1,4,13H2,2H3. The Labute approximate surface area is 151 Å². The van der Waals surface area contributed by atoms with Crippen LogP contribution in [0.5, 0.6) is 0 Å². The van der Waals surface area contributed by atoms with Gasteiger partial charge in [0.05, 0.1) is 0 Å². The molecule has 0 N–H and O–H groups in total. The van der Waals surface area contributed by atoms with Crippen LogP contribution in [0.25, 0.3) is 17.1 Å². The van der Waals surface area contributed by atoms with Crippen LogP contribution in [0.3, 0.4) is 0 Å². The smallest absolute Gasteiger partial charge is 0.196 e. The van der Waals surface area contributed by atoms with E-state index in [9.17, 15) is 0 Å². The summed E-state index contributed by atoms with van der Waals surface area (Å²) in [5.74, 6) is 1.59. The number of nitrogens with zero attached hydrogens (tertiary/aromatic N) is 3. The second kappa shape index (κ2) is 7.69. The van der Waals surface area contributed by atoms with Crippen LogP contribution in [-0.2, 0) is 6.42 Å². The first-order chi connectivity index (χ1) is 11.7. The third-order valence-electron chi connectivity index (χ3n) is 3.67. The summed E-state index contributed by atoms with van der Waals surface area (Å²) in [6.45, 7) is 5.93. The fourth-order valence-corrected chi connectivity index (χ4v) is 3.21. The zero-order chi connectivity index (χ0) is 16.9. The molecule has 3 aromatic rings. The van der Waals surface area contributed by atoms with Crippen LogP contribution < -0.4 is 0 Å². The Kier molecular flexibility index (Phi) is 5.38. The highest BCUT2D eigenvalue weighted by Crippen LogP contribution is 2.28. The normalized spacial score (nSPS) is 10.8. The molecule has 24 heavy (non-hydrogen) atoms. The Balaban J connectivity index is 2.09. The van der Waals surface area contributed by atoms with Gasteiger partial charge in [0.25, 0.3) is 0 Å². The molecule has 5 heteroatoms. The minimum Gasteiger partial charge on any atom is -0.270 e. The quantitative estimate of drug-likeness (QED) is 0.436. The van der Waals surface area contributed by atoms with Gasteiger partial charge in [0.1, 0.15) is 0 Å². The Bertz CT molecular complexity index is 823.